The number of nitrogens with zero attached hydrogens (tertiary/aromatic N) is 2. The second kappa shape index (κ2) is 6.92. The van der Waals surface area contributed by atoms with E-state index in [1.165, 1.54) is 31.5 Å². The molecule has 2 saturated heterocycles. The summed E-state index contributed by atoms with van der Waals surface area (Å²) < 4.78 is 5.84. The van der Waals surface area contributed by atoms with Gasteiger partial charge in [0.25, 0.3) is 0 Å². The van der Waals surface area contributed by atoms with Crippen molar-refractivity contribution >= 4 is 11.9 Å². The van der Waals surface area contributed by atoms with Crippen LogP contribution in [0.1, 0.15) is 59.2 Å². The maximum Gasteiger partial charge on any atom is 0.339 e. The molecule has 1 saturated carbocycles. The van der Waals surface area contributed by atoms with E-state index in [0.717, 1.165) is 30.5 Å². The molecule has 160 valence electrons. The van der Waals surface area contributed by atoms with Crippen LogP contribution in [-0.2, 0) is 27.1 Å². The van der Waals surface area contributed by atoms with E-state index in [1.54, 1.807) is 0 Å². The van der Waals surface area contributed by atoms with Crippen LogP contribution >= 0.6 is 0 Å². The van der Waals surface area contributed by atoms with Crippen LogP contribution in [0.5, 0.6) is 0 Å². The highest BCUT2D eigenvalue weighted by atomic mass is 16.6. The standard InChI is InChI=1S/C26H28N2O3/c29-23-21-5-1-2-6-22(21)26(31-23)13-16-28(18-26)24(30)25(11-12-25)20-9-7-19(8-10-20)17-27-14-3-4-15-27/h1-2,5-10H,3-4,11-18H2. The lowest BCUT2D eigenvalue weighted by Gasteiger charge is -2.27. The van der Waals surface area contributed by atoms with E-state index >= 15 is 0 Å². The number of benzene rings is 2. The number of fused-ring (bicyclic) bond motifs is 2. The van der Waals surface area contributed by atoms with E-state index in [2.05, 4.69) is 29.2 Å². The molecule has 5 nitrogen and oxygen atoms in total. The summed E-state index contributed by atoms with van der Waals surface area (Å²) in [7, 11) is 0. The minimum absolute atomic E-state index is 0.192. The van der Waals surface area contributed by atoms with E-state index in [4.69, 9.17) is 4.74 Å². The first-order valence-corrected chi connectivity index (χ1v) is 11.5. The average Bonchev–Trinajstić information content (AvgIpc) is 3.11. The molecule has 1 atom stereocenters. The maximum atomic E-state index is 13.6. The van der Waals surface area contributed by atoms with Gasteiger partial charge in [0.1, 0.15) is 0 Å². The Labute approximate surface area is 183 Å². The van der Waals surface area contributed by atoms with Gasteiger partial charge in [0.2, 0.25) is 5.91 Å². The Morgan fingerprint density at radius 3 is 2.42 bits per heavy atom. The van der Waals surface area contributed by atoms with Crippen LogP contribution in [0.4, 0.5) is 0 Å². The number of carbonyl (C=O) groups excluding carboxylic acids is 2. The van der Waals surface area contributed by atoms with E-state index in [-0.39, 0.29) is 17.3 Å². The van der Waals surface area contributed by atoms with Crippen molar-refractivity contribution in [2.45, 2.75) is 49.7 Å². The molecule has 6 rings (SSSR count). The van der Waals surface area contributed by atoms with Gasteiger partial charge in [0.05, 0.1) is 17.5 Å². The third-order valence-electron chi connectivity index (χ3n) is 7.72. The minimum Gasteiger partial charge on any atom is -0.449 e. The number of carbonyl (C=O) groups is 2. The van der Waals surface area contributed by atoms with Crippen LogP contribution in [0.3, 0.4) is 0 Å². The summed E-state index contributed by atoms with van der Waals surface area (Å²) in [6, 6.07) is 16.3. The number of hydrogen-bond donors (Lipinski definition) is 0. The first kappa shape index (κ1) is 19.1. The molecule has 2 aromatic rings. The lowest BCUT2D eigenvalue weighted by atomic mass is 9.91. The summed E-state index contributed by atoms with van der Waals surface area (Å²) in [5.74, 6) is -0.0725. The van der Waals surface area contributed by atoms with Gasteiger partial charge in [-0.25, -0.2) is 4.79 Å². The summed E-state index contributed by atoms with van der Waals surface area (Å²) >= 11 is 0. The van der Waals surface area contributed by atoms with Gasteiger partial charge in [-0.2, -0.15) is 0 Å². The Kier molecular flexibility index (Phi) is 4.26. The fourth-order valence-corrected chi connectivity index (χ4v) is 5.79. The number of likely N-dealkylation sites (tertiary alicyclic amines) is 2. The van der Waals surface area contributed by atoms with Crippen molar-refractivity contribution in [2.75, 3.05) is 26.2 Å². The summed E-state index contributed by atoms with van der Waals surface area (Å²) in [4.78, 5) is 30.4. The van der Waals surface area contributed by atoms with Crippen LogP contribution in [0.15, 0.2) is 48.5 Å². The van der Waals surface area contributed by atoms with Gasteiger partial charge in [-0.05, 0) is 56.0 Å². The highest BCUT2D eigenvalue weighted by molar-refractivity contribution is 5.96. The van der Waals surface area contributed by atoms with Crippen molar-refractivity contribution in [1.29, 1.82) is 0 Å². The molecule has 1 aliphatic carbocycles. The van der Waals surface area contributed by atoms with Crippen molar-refractivity contribution in [2.24, 2.45) is 0 Å². The smallest absolute Gasteiger partial charge is 0.339 e. The molecular formula is C26H28N2O3. The van der Waals surface area contributed by atoms with E-state index in [9.17, 15) is 9.59 Å². The molecule has 1 unspecified atom stereocenters. The van der Waals surface area contributed by atoms with Gasteiger partial charge in [-0.15, -0.1) is 0 Å². The molecular weight excluding hydrogens is 388 g/mol. The molecule has 0 N–H and O–H groups in total. The van der Waals surface area contributed by atoms with E-state index < -0.39 is 5.60 Å². The molecule has 31 heavy (non-hydrogen) atoms. The van der Waals surface area contributed by atoms with Crippen LogP contribution < -0.4 is 0 Å². The van der Waals surface area contributed by atoms with Crippen molar-refractivity contribution in [3.05, 3.63) is 70.8 Å². The average molecular weight is 417 g/mol. The quantitative estimate of drug-likeness (QED) is 0.715. The minimum atomic E-state index is -0.668. The third-order valence-corrected chi connectivity index (χ3v) is 7.72. The Balaban J connectivity index is 1.19. The molecule has 3 aliphatic heterocycles. The second-order valence-electron chi connectivity index (χ2n) is 9.67. The fraction of sp³-hybridized carbons (Fsp3) is 0.462. The zero-order valence-electron chi connectivity index (χ0n) is 17.8. The predicted molar refractivity (Wildman–Crippen MR) is 117 cm³/mol. The maximum absolute atomic E-state index is 13.6. The van der Waals surface area contributed by atoms with Gasteiger partial charge >= 0.3 is 5.97 Å². The molecule has 0 radical (unpaired) electrons. The van der Waals surface area contributed by atoms with Gasteiger partial charge in [-0.3, -0.25) is 9.69 Å². The first-order chi connectivity index (χ1) is 15.1. The molecule has 3 fully saturated rings. The van der Waals surface area contributed by atoms with Crippen molar-refractivity contribution in [1.82, 2.24) is 9.80 Å². The zero-order valence-corrected chi connectivity index (χ0v) is 17.8. The second-order valence-corrected chi connectivity index (χ2v) is 9.67. The molecule has 0 aromatic heterocycles. The molecule has 1 amide bonds. The molecule has 3 heterocycles. The van der Waals surface area contributed by atoms with Crippen LogP contribution in [0.2, 0.25) is 0 Å². The molecule has 2 aromatic carbocycles. The van der Waals surface area contributed by atoms with Crippen LogP contribution in [0, 0.1) is 0 Å². The number of ether oxygens (including phenoxy) is 1. The lowest BCUT2D eigenvalue weighted by molar-refractivity contribution is -0.134. The highest BCUT2D eigenvalue weighted by Gasteiger charge is 2.57. The molecule has 4 aliphatic rings. The highest BCUT2D eigenvalue weighted by Crippen LogP contribution is 2.52. The lowest BCUT2D eigenvalue weighted by Crippen LogP contribution is -2.40. The largest absolute Gasteiger partial charge is 0.449 e. The Bertz CT molecular complexity index is 1040. The number of rotatable bonds is 4. The predicted octanol–water partition coefficient (Wildman–Crippen LogP) is 3.61. The van der Waals surface area contributed by atoms with Gasteiger partial charge in [-0.1, -0.05) is 42.5 Å². The summed E-state index contributed by atoms with van der Waals surface area (Å²) in [5.41, 5.74) is 2.98. The third kappa shape index (κ3) is 3.01. The van der Waals surface area contributed by atoms with Crippen LogP contribution in [0.25, 0.3) is 0 Å². The Hall–Kier alpha value is -2.66. The molecule has 5 heteroatoms. The summed E-state index contributed by atoms with van der Waals surface area (Å²) in [6.45, 7) is 4.47. The number of hydrogen-bond acceptors (Lipinski definition) is 4. The topological polar surface area (TPSA) is 49.9 Å². The SMILES string of the molecule is O=C1OC2(CCN(C(=O)C3(c4ccc(CN5CCCC5)cc4)CC3)C2)c2ccccc21. The molecule has 1 spiro atoms. The van der Waals surface area contributed by atoms with Crippen molar-refractivity contribution in [3.8, 4) is 0 Å². The fourth-order valence-electron chi connectivity index (χ4n) is 5.79. The van der Waals surface area contributed by atoms with E-state index in [1.807, 2.05) is 29.2 Å². The number of esters is 1. The summed E-state index contributed by atoms with van der Waals surface area (Å²) in [5, 5.41) is 0. The monoisotopic (exact) mass is 416 g/mol. The van der Waals surface area contributed by atoms with Crippen molar-refractivity contribution in [3.63, 3.8) is 0 Å². The van der Waals surface area contributed by atoms with E-state index in [0.29, 0.717) is 25.1 Å². The first-order valence-electron chi connectivity index (χ1n) is 11.5. The molecule has 0 bridgehead atoms. The van der Waals surface area contributed by atoms with Gasteiger partial charge in [0, 0.05) is 25.1 Å². The van der Waals surface area contributed by atoms with Gasteiger partial charge in [0.15, 0.2) is 5.60 Å². The number of amides is 1. The van der Waals surface area contributed by atoms with Crippen LogP contribution in [-0.4, -0.2) is 47.9 Å². The van der Waals surface area contributed by atoms with Crippen molar-refractivity contribution < 1.29 is 14.3 Å². The Morgan fingerprint density at radius 1 is 0.935 bits per heavy atom. The summed E-state index contributed by atoms with van der Waals surface area (Å²) in [6.07, 6.45) is 5.07. The Morgan fingerprint density at radius 2 is 1.68 bits per heavy atom. The normalized spacial score (nSPS) is 26.3. The van der Waals surface area contributed by atoms with Gasteiger partial charge < -0.3 is 9.64 Å². The zero-order chi connectivity index (χ0) is 21.1.